The second kappa shape index (κ2) is 13.3. The summed E-state index contributed by atoms with van der Waals surface area (Å²) in [6.45, 7) is -0.155. The maximum absolute atomic E-state index is 13.6. The number of rotatable bonds is 10. The van der Waals surface area contributed by atoms with Gasteiger partial charge in [0.25, 0.3) is 5.91 Å². The smallest absolute Gasteiger partial charge is 0.258 e. The molecule has 9 nitrogen and oxygen atoms in total. The van der Waals surface area contributed by atoms with Crippen LogP contribution in [0.25, 0.3) is 12.2 Å². The summed E-state index contributed by atoms with van der Waals surface area (Å²) in [7, 11) is 6.25. The molecule has 1 fully saturated rings. The number of Topliss-reactive ketones (excluding diaryl/α,β-unsaturated/α-hetero) is 1. The number of benzene rings is 2. The van der Waals surface area contributed by atoms with Crippen molar-refractivity contribution in [3.63, 3.8) is 0 Å². The van der Waals surface area contributed by atoms with Crippen LogP contribution in [0.2, 0.25) is 0 Å². The molecule has 9 heteroatoms. The number of nitrogens with zero attached hydrogens (tertiary/aromatic N) is 1. The third-order valence-electron chi connectivity index (χ3n) is 6.40. The summed E-state index contributed by atoms with van der Waals surface area (Å²) in [6.07, 6.45) is 7.54. The first-order valence-electron chi connectivity index (χ1n) is 12.7. The van der Waals surface area contributed by atoms with Crippen molar-refractivity contribution in [2.24, 2.45) is 0 Å². The number of ether oxygens (including phenoxy) is 5. The summed E-state index contributed by atoms with van der Waals surface area (Å²) in [6, 6.07) is 13.9. The van der Waals surface area contributed by atoms with Crippen LogP contribution < -0.4 is 29.0 Å². The SMILES string of the molecule is COc1ccc(/C=C2\CC(NC(=O)COc3ccncc3)C/C(=C\c3ccc(OC)c(OC)c3)C2=O)cc1OC. The van der Waals surface area contributed by atoms with Gasteiger partial charge in [0.05, 0.1) is 28.4 Å². The van der Waals surface area contributed by atoms with Crippen molar-refractivity contribution in [1.82, 2.24) is 10.3 Å². The highest BCUT2D eigenvalue weighted by Gasteiger charge is 2.29. The minimum atomic E-state index is -0.316. The lowest BCUT2D eigenvalue weighted by Crippen LogP contribution is -2.41. The summed E-state index contributed by atoms with van der Waals surface area (Å²) in [5, 5.41) is 3.02. The largest absolute Gasteiger partial charge is 0.493 e. The number of hydrogen-bond donors (Lipinski definition) is 1. The van der Waals surface area contributed by atoms with E-state index in [1.165, 1.54) is 0 Å². The van der Waals surface area contributed by atoms with E-state index >= 15 is 0 Å². The molecule has 0 aliphatic heterocycles. The molecule has 1 aromatic heterocycles. The zero-order valence-electron chi connectivity index (χ0n) is 22.9. The Hall–Kier alpha value is -4.79. The summed E-state index contributed by atoms with van der Waals surface area (Å²) in [5.41, 5.74) is 2.68. The van der Waals surface area contributed by atoms with Gasteiger partial charge in [0, 0.05) is 29.6 Å². The standard InChI is InChI=1S/C31H32N2O7/c1-36-26-7-5-20(15-28(26)38-3)13-22-17-24(33-30(34)19-40-25-9-11-32-12-10-25)18-23(31(22)35)14-21-6-8-27(37-2)29(16-21)39-4/h5-16,24H,17-19H2,1-4H3,(H,33,34)/b22-13+,23-14+. The Balaban J connectivity index is 1.62. The first-order valence-corrected chi connectivity index (χ1v) is 12.7. The molecule has 0 spiro atoms. The van der Waals surface area contributed by atoms with Crippen LogP contribution >= 0.6 is 0 Å². The van der Waals surface area contributed by atoms with Gasteiger partial charge < -0.3 is 29.0 Å². The molecule has 0 bridgehead atoms. The Morgan fingerprint density at radius 3 is 1.77 bits per heavy atom. The zero-order valence-corrected chi connectivity index (χ0v) is 22.9. The average molecular weight is 545 g/mol. The van der Waals surface area contributed by atoms with E-state index in [-0.39, 0.29) is 24.3 Å². The van der Waals surface area contributed by atoms with Gasteiger partial charge in [0.1, 0.15) is 5.75 Å². The molecule has 1 aliphatic carbocycles. The Labute approximate surface area is 233 Å². The molecule has 0 atom stereocenters. The van der Waals surface area contributed by atoms with Crippen molar-refractivity contribution in [3.05, 3.63) is 83.2 Å². The third-order valence-corrected chi connectivity index (χ3v) is 6.40. The van der Waals surface area contributed by atoms with Crippen LogP contribution in [0.3, 0.4) is 0 Å². The number of nitrogens with one attached hydrogen (secondary N) is 1. The fraction of sp³-hybridized carbons (Fsp3) is 0.258. The van der Waals surface area contributed by atoms with Gasteiger partial charge in [-0.25, -0.2) is 0 Å². The highest BCUT2D eigenvalue weighted by Crippen LogP contribution is 2.33. The van der Waals surface area contributed by atoms with E-state index in [0.29, 0.717) is 52.7 Å². The lowest BCUT2D eigenvalue weighted by atomic mass is 9.83. The van der Waals surface area contributed by atoms with Gasteiger partial charge in [-0.15, -0.1) is 0 Å². The van der Waals surface area contributed by atoms with Crippen LogP contribution in [0.15, 0.2) is 72.1 Å². The first kappa shape index (κ1) is 28.2. The number of amides is 1. The molecule has 1 heterocycles. The summed E-state index contributed by atoms with van der Waals surface area (Å²) < 4.78 is 27.1. The fourth-order valence-corrected chi connectivity index (χ4v) is 4.49. The monoisotopic (exact) mass is 544 g/mol. The Morgan fingerprint density at radius 2 is 1.30 bits per heavy atom. The number of hydrogen-bond acceptors (Lipinski definition) is 8. The average Bonchev–Trinajstić information content (AvgIpc) is 2.98. The van der Waals surface area contributed by atoms with Crippen LogP contribution in [0.4, 0.5) is 0 Å². The van der Waals surface area contributed by atoms with E-state index in [1.54, 1.807) is 65.1 Å². The van der Waals surface area contributed by atoms with E-state index in [1.807, 2.05) is 36.4 Å². The predicted molar refractivity (Wildman–Crippen MR) is 151 cm³/mol. The van der Waals surface area contributed by atoms with Crippen LogP contribution in [-0.2, 0) is 9.59 Å². The molecule has 4 rings (SSSR count). The molecule has 208 valence electrons. The summed E-state index contributed by atoms with van der Waals surface area (Å²) in [4.78, 5) is 30.4. The van der Waals surface area contributed by atoms with Gasteiger partial charge in [0.2, 0.25) is 0 Å². The van der Waals surface area contributed by atoms with Crippen LogP contribution in [-0.4, -0.2) is 57.8 Å². The zero-order chi connectivity index (χ0) is 28.5. The van der Waals surface area contributed by atoms with Crippen LogP contribution in [0, 0.1) is 0 Å². The third kappa shape index (κ3) is 6.99. The van der Waals surface area contributed by atoms with Crippen LogP contribution in [0.1, 0.15) is 24.0 Å². The Morgan fingerprint density at radius 1 is 0.800 bits per heavy atom. The minimum Gasteiger partial charge on any atom is -0.493 e. The van der Waals surface area contributed by atoms with E-state index in [2.05, 4.69) is 10.3 Å². The number of ketones is 1. The van der Waals surface area contributed by atoms with Gasteiger partial charge in [-0.1, -0.05) is 12.1 Å². The van der Waals surface area contributed by atoms with E-state index in [9.17, 15) is 9.59 Å². The molecule has 2 aromatic carbocycles. The molecule has 0 unspecified atom stereocenters. The predicted octanol–water partition coefficient (Wildman–Crippen LogP) is 4.51. The Kier molecular flexibility index (Phi) is 9.40. The highest BCUT2D eigenvalue weighted by molar-refractivity contribution is 6.14. The van der Waals surface area contributed by atoms with Gasteiger partial charge in [0.15, 0.2) is 35.4 Å². The number of carbonyl (C=O) groups excluding carboxylic acids is 2. The molecule has 0 saturated heterocycles. The summed E-state index contributed by atoms with van der Waals surface area (Å²) >= 11 is 0. The Bertz CT molecular complexity index is 1340. The molecule has 40 heavy (non-hydrogen) atoms. The van der Waals surface area contributed by atoms with Gasteiger partial charge in [-0.3, -0.25) is 14.6 Å². The number of aromatic nitrogens is 1. The lowest BCUT2D eigenvalue weighted by molar-refractivity contribution is -0.124. The molecule has 0 radical (unpaired) electrons. The molecular weight excluding hydrogens is 512 g/mol. The van der Waals surface area contributed by atoms with Gasteiger partial charge >= 0.3 is 0 Å². The number of pyridine rings is 1. The van der Waals surface area contributed by atoms with Crippen molar-refractivity contribution in [1.29, 1.82) is 0 Å². The van der Waals surface area contributed by atoms with Crippen molar-refractivity contribution >= 4 is 23.8 Å². The number of carbonyl (C=O) groups is 2. The van der Waals surface area contributed by atoms with Crippen molar-refractivity contribution in [2.45, 2.75) is 18.9 Å². The maximum Gasteiger partial charge on any atom is 0.258 e. The molecule has 1 aliphatic rings. The van der Waals surface area contributed by atoms with Crippen molar-refractivity contribution in [3.8, 4) is 28.7 Å². The van der Waals surface area contributed by atoms with Crippen LogP contribution in [0.5, 0.6) is 28.7 Å². The number of methoxy groups -OCH3 is 4. The van der Waals surface area contributed by atoms with E-state index in [0.717, 1.165) is 11.1 Å². The van der Waals surface area contributed by atoms with E-state index < -0.39 is 0 Å². The first-order chi connectivity index (χ1) is 19.4. The molecule has 1 saturated carbocycles. The highest BCUT2D eigenvalue weighted by atomic mass is 16.5. The maximum atomic E-state index is 13.6. The molecule has 1 N–H and O–H groups in total. The van der Waals surface area contributed by atoms with Gasteiger partial charge in [-0.05, 0) is 72.5 Å². The molecule has 1 amide bonds. The van der Waals surface area contributed by atoms with Crippen molar-refractivity contribution < 1.29 is 33.3 Å². The minimum absolute atomic E-state index is 0.0943. The second-order valence-electron chi connectivity index (χ2n) is 9.04. The fourth-order valence-electron chi connectivity index (χ4n) is 4.49. The molecule has 3 aromatic rings. The van der Waals surface area contributed by atoms with E-state index in [4.69, 9.17) is 23.7 Å². The van der Waals surface area contributed by atoms with Gasteiger partial charge in [-0.2, -0.15) is 0 Å². The topological polar surface area (TPSA) is 105 Å². The summed E-state index contributed by atoms with van der Waals surface area (Å²) in [5.74, 6) is 2.46. The second-order valence-corrected chi connectivity index (χ2v) is 9.04. The van der Waals surface area contributed by atoms with Crippen molar-refractivity contribution in [2.75, 3.05) is 35.0 Å². The normalized spacial score (nSPS) is 16.9. The quantitative estimate of drug-likeness (QED) is 0.372. The molecular formula is C31H32N2O7. The lowest BCUT2D eigenvalue weighted by Gasteiger charge is -2.27.